The molecule has 2 aromatic rings. The molecule has 0 fully saturated rings. The van der Waals surface area contributed by atoms with Gasteiger partial charge in [0.1, 0.15) is 5.75 Å². The third-order valence-corrected chi connectivity index (χ3v) is 3.16. The standard InChI is InChI=1S/C16H22N4O2/c1-12-7-19-20(9-12)10-13(2)18-8-14-4-3-5-15(6-14)22-11-16(17)21/h3-7,9,13,18H,8,10-11H2,1-2H3,(H2,17,21). The minimum absolute atomic E-state index is 0.105. The lowest BCUT2D eigenvalue weighted by Crippen LogP contribution is -2.30. The Morgan fingerprint density at radius 1 is 1.50 bits per heavy atom. The molecule has 6 heteroatoms. The normalized spacial score (nSPS) is 12.1. The van der Waals surface area contributed by atoms with Crippen molar-refractivity contribution in [2.75, 3.05) is 6.61 Å². The Balaban J connectivity index is 1.82. The van der Waals surface area contributed by atoms with Gasteiger partial charge < -0.3 is 15.8 Å². The molecule has 1 atom stereocenters. The van der Waals surface area contributed by atoms with Crippen molar-refractivity contribution in [3.63, 3.8) is 0 Å². The summed E-state index contributed by atoms with van der Waals surface area (Å²) in [7, 11) is 0. The Morgan fingerprint density at radius 2 is 2.32 bits per heavy atom. The number of rotatable bonds is 8. The fraction of sp³-hybridized carbons (Fsp3) is 0.375. The van der Waals surface area contributed by atoms with Crippen molar-refractivity contribution in [1.29, 1.82) is 0 Å². The topological polar surface area (TPSA) is 82.2 Å². The first kappa shape index (κ1) is 16.0. The molecule has 0 bridgehead atoms. The number of nitrogens with one attached hydrogen (secondary N) is 1. The van der Waals surface area contributed by atoms with Gasteiger partial charge in [-0.15, -0.1) is 0 Å². The van der Waals surface area contributed by atoms with Gasteiger partial charge in [-0.25, -0.2) is 0 Å². The molecule has 0 aliphatic heterocycles. The van der Waals surface area contributed by atoms with Crippen molar-refractivity contribution in [3.8, 4) is 5.75 Å². The minimum atomic E-state index is -0.480. The van der Waals surface area contributed by atoms with Crippen LogP contribution in [-0.2, 0) is 17.9 Å². The molecule has 0 radical (unpaired) electrons. The smallest absolute Gasteiger partial charge is 0.255 e. The van der Waals surface area contributed by atoms with E-state index in [0.29, 0.717) is 5.75 Å². The summed E-state index contributed by atoms with van der Waals surface area (Å²) in [5.74, 6) is 0.167. The molecule has 6 nitrogen and oxygen atoms in total. The van der Waals surface area contributed by atoms with Crippen molar-refractivity contribution in [2.45, 2.75) is 33.0 Å². The van der Waals surface area contributed by atoms with Crippen molar-refractivity contribution in [1.82, 2.24) is 15.1 Å². The van der Waals surface area contributed by atoms with Gasteiger partial charge in [-0.3, -0.25) is 9.48 Å². The lowest BCUT2D eigenvalue weighted by Gasteiger charge is -2.14. The van der Waals surface area contributed by atoms with E-state index < -0.39 is 5.91 Å². The molecule has 0 spiro atoms. The number of benzene rings is 1. The summed E-state index contributed by atoms with van der Waals surface area (Å²) >= 11 is 0. The third-order valence-electron chi connectivity index (χ3n) is 3.16. The number of aryl methyl sites for hydroxylation is 1. The van der Waals surface area contributed by atoms with Crippen LogP contribution in [0.15, 0.2) is 36.7 Å². The van der Waals surface area contributed by atoms with Crippen LogP contribution in [0, 0.1) is 6.92 Å². The predicted molar refractivity (Wildman–Crippen MR) is 84.4 cm³/mol. The zero-order valence-electron chi connectivity index (χ0n) is 13.0. The van der Waals surface area contributed by atoms with E-state index in [-0.39, 0.29) is 12.6 Å². The highest BCUT2D eigenvalue weighted by Crippen LogP contribution is 2.13. The van der Waals surface area contributed by atoms with Crippen molar-refractivity contribution < 1.29 is 9.53 Å². The molecular weight excluding hydrogens is 280 g/mol. The van der Waals surface area contributed by atoms with Crippen LogP contribution < -0.4 is 15.8 Å². The molecule has 0 aliphatic rings. The number of nitrogens with zero attached hydrogens (tertiary/aromatic N) is 2. The summed E-state index contributed by atoms with van der Waals surface area (Å²) in [6.07, 6.45) is 3.88. The molecule has 1 heterocycles. The van der Waals surface area contributed by atoms with Crippen LogP contribution in [0.25, 0.3) is 0 Å². The van der Waals surface area contributed by atoms with E-state index in [1.807, 2.05) is 48.3 Å². The summed E-state index contributed by atoms with van der Waals surface area (Å²) in [5.41, 5.74) is 7.31. The maximum absolute atomic E-state index is 10.7. The Morgan fingerprint density at radius 3 is 3.00 bits per heavy atom. The number of amides is 1. The Kier molecular flexibility index (Phi) is 5.55. The second-order valence-electron chi connectivity index (χ2n) is 5.42. The van der Waals surface area contributed by atoms with Gasteiger partial charge in [-0.2, -0.15) is 5.10 Å². The zero-order valence-corrected chi connectivity index (χ0v) is 13.0. The van der Waals surface area contributed by atoms with Crippen LogP contribution >= 0.6 is 0 Å². The quantitative estimate of drug-likeness (QED) is 0.768. The van der Waals surface area contributed by atoms with Crippen LogP contribution in [0.5, 0.6) is 5.75 Å². The lowest BCUT2D eigenvalue weighted by atomic mass is 10.2. The van der Waals surface area contributed by atoms with E-state index >= 15 is 0 Å². The average molecular weight is 302 g/mol. The van der Waals surface area contributed by atoms with E-state index in [9.17, 15) is 4.79 Å². The molecule has 0 saturated heterocycles. The first-order chi connectivity index (χ1) is 10.5. The van der Waals surface area contributed by atoms with Gasteiger partial charge in [-0.1, -0.05) is 12.1 Å². The molecule has 1 amide bonds. The summed E-state index contributed by atoms with van der Waals surface area (Å²) in [6, 6.07) is 7.90. The van der Waals surface area contributed by atoms with Crippen LogP contribution in [0.4, 0.5) is 0 Å². The number of ether oxygens (including phenoxy) is 1. The first-order valence-corrected chi connectivity index (χ1v) is 7.25. The van der Waals surface area contributed by atoms with Crippen LogP contribution in [0.3, 0.4) is 0 Å². The van der Waals surface area contributed by atoms with Crippen LogP contribution in [0.2, 0.25) is 0 Å². The van der Waals surface area contributed by atoms with Gasteiger partial charge in [0.25, 0.3) is 5.91 Å². The van der Waals surface area contributed by atoms with Crippen LogP contribution in [-0.4, -0.2) is 28.3 Å². The number of primary amides is 1. The van der Waals surface area contributed by atoms with Gasteiger partial charge in [0, 0.05) is 18.8 Å². The molecule has 1 unspecified atom stereocenters. The van der Waals surface area contributed by atoms with Crippen LogP contribution in [0.1, 0.15) is 18.1 Å². The maximum atomic E-state index is 10.7. The van der Waals surface area contributed by atoms with E-state index in [2.05, 4.69) is 17.3 Å². The predicted octanol–water partition coefficient (Wildman–Crippen LogP) is 1.23. The van der Waals surface area contributed by atoms with Gasteiger partial charge in [0.2, 0.25) is 0 Å². The summed E-state index contributed by atoms with van der Waals surface area (Å²) in [5, 5.41) is 7.72. The van der Waals surface area contributed by atoms with Crippen molar-refractivity contribution >= 4 is 5.91 Å². The fourth-order valence-electron chi connectivity index (χ4n) is 2.10. The summed E-state index contributed by atoms with van der Waals surface area (Å²) < 4.78 is 7.23. The van der Waals surface area contributed by atoms with E-state index in [0.717, 1.165) is 24.2 Å². The van der Waals surface area contributed by atoms with Crippen molar-refractivity contribution in [2.24, 2.45) is 5.73 Å². The Labute approximate surface area is 130 Å². The maximum Gasteiger partial charge on any atom is 0.255 e. The molecule has 22 heavy (non-hydrogen) atoms. The summed E-state index contributed by atoms with van der Waals surface area (Å²) in [4.78, 5) is 10.7. The second kappa shape index (κ2) is 7.61. The second-order valence-corrected chi connectivity index (χ2v) is 5.42. The van der Waals surface area contributed by atoms with Gasteiger partial charge in [0.05, 0.1) is 12.7 Å². The number of aromatic nitrogens is 2. The van der Waals surface area contributed by atoms with Gasteiger partial charge in [0.15, 0.2) is 6.61 Å². The van der Waals surface area contributed by atoms with Gasteiger partial charge in [-0.05, 0) is 37.1 Å². The minimum Gasteiger partial charge on any atom is -0.484 e. The molecule has 0 aliphatic carbocycles. The fourth-order valence-corrected chi connectivity index (χ4v) is 2.10. The molecule has 3 N–H and O–H groups in total. The summed E-state index contributed by atoms with van der Waals surface area (Å²) in [6.45, 7) is 5.57. The SMILES string of the molecule is Cc1cnn(CC(C)NCc2cccc(OCC(N)=O)c2)c1. The molecule has 2 rings (SSSR count). The molecule has 1 aromatic heterocycles. The molecular formula is C16H22N4O2. The monoisotopic (exact) mass is 302 g/mol. The van der Waals surface area contributed by atoms with Crippen molar-refractivity contribution in [3.05, 3.63) is 47.8 Å². The average Bonchev–Trinajstić information content (AvgIpc) is 2.88. The highest BCUT2D eigenvalue weighted by atomic mass is 16.5. The third kappa shape index (κ3) is 5.21. The number of carbonyl (C=O) groups is 1. The Bertz CT molecular complexity index is 624. The number of nitrogens with two attached hydrogens (primary N) is 1. The Hall–Kier alpha value is -2.34. The highest BCUT2D eigenvalue weighted by Gasteiger charge is 2.05. The van der Waals surface area contributed by atoms with E-state index in [4.69, 9.17) is 10.5 Å². The van der Waals surface area contributed by atoms with E-state index in [1.165, 1.54) is 0 Å². The first-order valence-electron chi connectivity index (χ1n) is 7.25. The number of hydrogen-bond acceptors (Lipinski definition) is 4. The zero-order chi connectivity index (χ0) is 15.9. The number of hydrogen-bond donors (Lipinski definition) is 2. The molecule has 1 aromatic carbocycles. The molecule has 118 valence electrons. The number of carbonyl (C=O) groups excluding carboxylic acids is 1. The largest absolute Gasteiger partial charge is 0.484 e. The van der Waals surface area contributed by atoms with E-state index in [1.54, 1.807) is 0 Å². The van der Waals surface area contributed by atoms with Gasteiger partial charge >= 0.3 is 0 Å². The highest BCUT2D eigenvalue weighted by molar-refractivity contribution is 5.75. The molecule has 0 saturated carbocycles. The lowest BCUT2D eigenvalue weighted by molar-refractivity contribution is -0.119.